The van der Waals surface area contributed by atoms with E-state index in [0.717, 1.165) is 77.7 Å². The predicted molar refractivity (Wildman–Crippen MR) is 187 cm³/mol. The van der Waals surface area contributed by atoms with Crippen molar-refractivity contribution in [2.75, 3.05) is 46.6 Å². The summed E-state index contributed by atoms with van der Waals surface area (Å²) in [4.78, 5) is 26.1. The summed E-state index contributed by atoms with van der Waals surface area (Å²) in [6.45, 7) is 5.07. The summed E-state index contributed by atoms with van der Waals surface area (Å²) in [6, 6.07) is 0. The second kappa shape index (κ2) is 25.8. The molecule has 0 bridgehead atoms. The van der Waals surface area contributed by atoms with Crippen molar-refractivity contribution in [2.24, 2.45) is 11.8 Å². The van der Waals surface area contributed by atoms with Crippen LogP contribution in [-0.2, 0) is 33.3 Å². The van der Waals surface area contributed by atoms with Crippen molar-refractivity contribution in [1.29, 1.82) is 0 Å². The third kappa shape index (κ3) is 24.6. The molecule has 3 aliphatic heterocycles. The van der Waals surface area contributed by atoms with Gasteiger partial charge in [-0.05, 0) is 89.6 Å². The average Bonchev–Trinajstić information content (AvgIpc) is 3.90. The predicted octanol–water partition coefficient (Wildman–Crippen LogP) is 7.88. The molecule has 1 saturated carbocycles. The van der Waals surface area contributed by atoms with Gasteiger partial charge in [0.15, 0.2) is 7.98 Å². The zero-order chi connectivity index (χ0) is 33.4. The van der Waals surface area contributed by atoms with E-state index in [-0.39, 0.29) is 11.9 Å². The van der Waals surface area contributed by atoms with E-state index >= 15 is 0 Å². The molecule has 0 aromatic carbocycles. The maximum Gasteiger partial charge on any atom is 0.306 e. The summed E-state index contributed by atoms with van der Waals surface area (Å²) < 4.78 is 26.5. The van der Waals surface area contributed by atoms with Crippen LogP contribution in [0.15, 0.2) is 0 Å². The Morgan fingerprint density at radius 3 is 1.21 bits per heavy atom. The Balaban J connectivity index is 0.000000461. The van der Waals surface area contributed by atoms with E-state index in [1.807, 2.05) is 7.05 Å². The smallest absolute Gasteiger partial charge is 0.306 e. The summed E-state index contributed by atoms with van der Waals surface area (Å²) in [5.41, 5.74) is 0. The van der Waals surface area contributed by atoms with E-state index in [1.165, 1.54) is 89.9 Å². The Bertz CT molecular complexity index is 739. The van der Waals surface area contributed by atoms with E-state index in [9.17, 15) is 9.59 Å². The molecule has 3 unspecified atom stereocenters. The summed E-state index contributed by atoms with van der Waals surface area (Å²) in [5, 5.41) is 0. The van der Waals surface area contributed by atoms with Crippen molar-refractivity contribution in [3.63, 3.8) is 0 Å². The van der Waals surface area contributed by atoms with Crippen molar-refractivity contribution in [2.45, 2.75) is 172 Å². The maximum absolute atomic E-state index is 12.2. The summed E-state index contributed by atoms with van der Waals surface area (Å²) in [5.74, 6) is 0.743. The minimum absolute atomic E-state index is 0.0424. The monoisotopic (exact) mass is 662 g/mol. The van der Waals surface area contributed by atoms with Crippen molar-refractivity contribution in [1.82, 2.24) is 4.81 Å². The van der Waals surface area contributed by atoms with Gasteiger partial charge in [-0.3, -0.25) is 9.59 Å². The number of carbonyl (C=O) groups is 2. The molecular formula is C38H68BNO7. The fraction of sp³-hybridized carbons (Fsp3) is 0.947. The molecule has 3 saturated heterocycles. The molecule has 3 heterocycles. The van der Waals surface area contributed by atoms with Gasteiger partial charge in [0.2, 0.25) is 0 Å². The largest absolute Gasteiger partial charge is 0.466 e. The second-order valence-electron chi connectivity index (χ2n) is 14.8. The normalized spacial score (nSPS) is 24.3. The van der Waals surface area contributed by atoms with Gasteiger partial charge >= 0.3 is 11.9 Å². The van der Waals surface area contributed by atoms with Crippen LogP contribution in [0.2, 0.25) is 0 Å². The first kappa shape index (κ1) is 40.3. The lowest BCUT2D eigenvalue weighted by molar-refractivity contribution is -0.147. The molecule has 47 heavy (non-hydrogen) atoms. The van der Waals surface area contributed by atoms with Crippen molar-refractivity contribution >= 4 is 19.9 Å². The van der Waals surface area contributed by atoms with Gasteiger partial charge in [0.25, 0.3) is 0 Å². The number of nitrogens with zero attached hydrogens (tertiary/aromatic N) is 1. The molecule has 8 nitrogen and oxygen atoms in total. The van der Waals surface area contributed by atoms with Crippen LogP contribution in [-0.4, -0.2) is 89.7 Å². The highest BCUT2D eigenvalue weighted by molar-refractivity contribution is 6.04. The van der Waals surface area contributed by atoms with E-state index in [1.54, 1.807) is 4.81 Å². The van der Waals surface area contributed by atoms with Gasteiger partial charge in [0, 0.05) is 12.8 Å². The Kier molecular flexibility index (Phi) is 22.1. The zero-order valence-corrected chi connectivity index (χ0v) is 30.0. The van der Waals surface area contributed by atoms with Gasteiger partial charge in [-0.2, -0.15) is 0 Å². The first-order valence-electron chi connectivity index (χ1n) is 19.6. The SMILES string of the molecule is O=C(CC1CCC(CC(=O)OCCCCCCCCC2CO2)CC1)OCCCCCCCCC1CO1.[B]N(C)CCCCCC1CO1. The van der Waals surface area contributed by atoms with Gasteiger partial charge < -0.3 is 28.5 Å². The third-order valence-corrected chi connectivity index (χ3v) is 9.99. The lowest BCUT2D eigenvalue weighted by Gasteiger charge is -2.27. The van der Waals surface area contributed by atoms with E-state index in [4.69, 9.17) is 31.7 Å². The number of esters is 2. The number of carbonyl (C=O) groups excluding carboxylic acids is 2. The van der Waals surface area contributed by atoms with Gasteiger partial charge in [-0.15, -0.1) is 0 Å². The van der Waals surface area contributed by atoms with Crippen LogP contribution in [0.4, 0.5) is 0 Å². The molecule has 4 fully saturated rings. The van der Waals surface area contributed by atoms with Gasteiger partial charge in [-0.1, -0.05) is 77.0 Å². The quantitative estimate of drug-likeness (QED) is 0.0362. The fourth-order valence-corrected chi connectivity index (χ4v) is 6.58. The lowest BCUT2D eigenvalue weighted by Crippen LogP contribution is -2.21. The molecule has 1 aliphatic carbocycles. The molecule has 0 aromatic heterocycles. The lowest BCUT2D eigenvalue weighted by atomic mass is 9.79. The molecule has 2 radical (unpaired) electrons. The highest BCUT2D eigenvalue weighted by Crippen LogP contribution is 2.33. The molecule has 0 amide bonds. The van der Waals surface area contributed by atoms with Crippen molar-refractivity contribution in [3.8, 4) is 0 Å². The standard InChI is InChI=1S/C30H52O6.C8H16BNO/c31-29(33-19-11-7-3-1-5-9-13-27-23-35-27)21-25-15-17-26(18-16-25)22-30(32)34-20-12-8-4-2-6-10-14-28-24-36-28;1-10(9)6-4-2-3-5-8-7-11-8/h25-28H,1-24H2;8H,2-7H2,1H3. The van der Waals surface area contributed by atoms with E-state index in [0.29, 0.717) is 56.2 Å². The van der Waals surface area contributed by atoms with Crippen molar-refractivity contribution < 1.29 is 33.3 Å². The van der Waals surface area contributed by atoms with Crippen LogP contribution in [0.25, 0.3) is 0 Å². The number of unbranched alkanes of at least 4 members (excludes halogenated alkanes) is 12. The molecule has 4 aliphatic rings. The Hall–Kier alpha value is -1.16. The summed E-state index contributed by atoms with van der Waals surface area (Å²) in [6.07, 6.45) is 28.7. The molecule has 4 rings (SSSR count). The van der Waals surface area contributed by atoms with Crippen LogP contribution in [0.1, 0.15) is 154 Å². The number of hydrogen-bond acceptors (Lipinski definition) is 8. The van der Waals surface area contributed by atoms with E-state index in [2.05, 4.69) is 0 Å². The van der Waals surface area contributed by atoms with E-state index < -0.39 is 0 Å². The van der Waals surface area contributed by atoms with Crippen LogP contribution in [0.5, 0.6) is 0 Å². The molecule has 9 heteroatoms. The summed E-state index contributed by atoms with van der Waals surface area (Å²) in [7, 11) is 7.36. The number of epoxide rings is 3. The van der Waals surface area contributed by atoms with Crippen LogP contribution in [0, 0.1) is 11.8 Å². The Morgan fingerprint density at radius 1 is 0.553 bits per heavy atom. The van der Waals surface area contributed by atoms with Crippen LogP contribution < -0.4 is 0 Å². The number of hydrogen-bond donors (Lipinski definition) is 0. The minimum atomic E-state index is -0.0424. The zero-order valence-electron chi connectivity index (χ0n) is 30.0. The molecule has 0 N–H and O–H groups in total. The first-order valence-corrected chi connectivity index (χ1v) is 19.6. The van der Waals surface area contributed by atoms with Gasteiger partial charge in [-0.25, -0.2) is 0 Å². The molecular weight excluding hydrogens is 593 g/mol. The summed E-state index contributed by atoms with van der Waals surface area (Å²) >= 11 is 0. The minimum Gasteiger partial charge on any atom is -0.466 e. The number of rotatable bonds is 28. The molecule has 0 aromatic rings. The number of ether oxygens (including phenoxy) is 5. The fourth-order valence-electron chi connectivity index (χ4n) is 6.58. The van der Waals surface area contributed by atoms with Crippen LogP contribution in [0.3, 0.4) is 0 Å². The van der Waals surface area contributed by atoms with Gasteiger partial charge in [0.05, 0.1) is 51.3 Å². The highest BCUT2D eigenvalue weighted by Gasteiger charge is 2.26. The first-order chi connectivity index (χ1) is 23.0. The van der Waals surface area contributed by atoms with Crippen LogP contribution >= 0.6 is 0 Å². The maximum atomic E-state index is 12.2. The second-order valence-corrected chi connectivity index (χ2v) is 14.8. The Labute approximate surface area is 288 Å². The third-order valence-electron chi connectivity index (χ3n) is 9.99. The topological polar surface area (TPSA) is 93.4 Å². The molecule has 3 atom stereocenters. The highest BCUT2D eigenvalue weighted by atomic mass is 16.6. The molecule has 0 spiro atoms. The van der Waals surface area contributed by atoms with Crippen molar-refractivity contribution in [3.05, 3.63) is 0 Å². The average molecular weight is 662 g/mol. The van der Waals surface area contributed by atoms with Gasteiger partial charge in [0.1, 0.15) is 0 Å². The molecule has 270 valence electrons. The Morgan fingerprint density at radius 2 is 0.872 bits per heavy atom.